The van der Waals surface area contributed by atoms with Gasteiger partial charge in [0.25, 0.3) is 5.91 Å². The summed E-state index contributed by atoms with van der Waals surface area (Å²) in [5, 5.41) is 15.7. The second-order valence-corrected chi connectivity index (χ2v) is 9.29. The monoisotopic (exact) mass is 437 g/mol. The number of oxime groups is 1. The first kappa shape index (κ1) is 21.2. The van der Waals surface area contributed by atoms with E-state index in [1.807, 2.05) is 0 Å². The van der Waals surface area contributed by atoms with Crippen molar-refractivity contribution >= 4 is 38.9 Å². The molecule has 1 atom stereocenters. The number of nitrogens with one attached hydrogen (secondary N) is 1. The Morgan fingerprint density at radius 2 is 2.00 bits per heavy atom. The Labute approximate surface area is 173 Å². The topological polar surface area (TPSA) is 118 Å². The van der Waals surface area contributed by atoms with Crippen molar-refractivity contribution < 1.29 is 23.2 Å². The fourth-order valence-corrected chi connectivity index (χ4v) is 4.17. The van der Waals surface area contributed by atoms with Crippen LogP contribution in [0.2, 0.25) is 5.02 Å². The third kappa shape index (κ3) is 5.31. The molecule has 8 nitrogen and oxygen atoms in total. The van der Waals surface area contributed by atoms with Gasteiger partial charge in [0.1, 0.15) is 11.9 Å². The molecule has 1 saturated carbocycles. The number of amides is 1. The lowest BCUT2D eigenvalue weighted by Gasteiger charge is -2.11. The highest BCUT2D eigenvalue weighted by atomic mass is 35.5. The van der Waals surface area contributed by atoms with Crippen LogP contribution in [0.25, 0.3) is 0 Å². The maximum absolute atomic E-state index is 12.7. The predicted octanol–water partition coefficient (Wildman–Crippen LogP) is 2.41. The van der Waals surface area contributed by atoms with Crippen molar-refractivity contribution in [2.24, 2.45) is 5.16 Å². The molecule has 1 aromatic heterocycles. The number of halogens is 1. The number of anilines is 1. The molecule has 0 unspecified atom stereocenters. The number of aliphatic hydroxyl groups excluding tert-OH is 1. The van der Waals surface area contributed by atoms with E-state index in [1.165, 1.54) is 36.5 Å². The predicted molar refractivity (Wildman–Crippen MR) is 109 cm³/mol. The van der Waals surface area contributed by atoms with Gasteiger partial charge in [0.05, 0.1) is 21.8 Å². The number of nitrogens with zero attached hydrogens (tertiary/aromatic N) is 2. The number of aliphatic hydroxyl groups is 1. The first-order valence-electron chi connectivity index (χ1n) is 8.93. The maximum atomic E-state index is 12.7. The molecule has 1 heterocycles. The highest BCUT2D eigenvalue weighted by Crippen LogP contribution is 2.33. The molecule has 1 fully saturated rings. The summed E-state index contributed by atoms with van der Waals surface area (Å²) in [4.78, 5) is 22.1. The van der Waals surface area contributed by atoms with Crippen molar-refractivity contribution in [2.75, 3.05) is 11.9 Å². The molecule has 154 valence electrons. The first-order chi connectivity index (χ1) is 13.8. The van der Waals surface area contributed by atoms with Gasteiger partial charge in [-0.3, -0.25) is 4.79 Å². The molecule has 1 aliphatic carbocycles. The third-order valence-corrected chi connectivity index (χ3v) is 6.69. The van der Waals surface area contributed by atoms with Crippen LogP contribution in [-0.2, 0) is 19.5 Å². The van der Waals surface area contributed by atoms with Gasteiger partial charge in [-0.15, -0.1) is 0 Å². The molecular formula is C19H20ClN3O5S. The smallest absolute Gasteiger partial charge is 0.279 e. The lowest BCUT2D eigenvalue weighted by atomic mass is 10.1. The normalized spacial score (nSPS) is 15.6. The summed E-state index contributed by atoms with van der Waals surface area (Å²) < 4.78 is 24.7. The molecule has 0 radical (unpaired) electrons. The van der Waals surface area contributed by atoms with Gasteiger partial charge in [0.15, 0.2) is 15.5 Å². The fraction of sp³-hybridized carbons (Fsp3) is 0.316. The minimum Gasteiger partial charge on any atom is -0.392 e. The van der Waals surface area contributed by atoms with Crippen LogP contribution in [0.5, 0.6) is 0 Å². The van der Waals surface area contributed by atoms with Crippen molar-refractivity contribution in [2.45, 2.75) is 36.0 Å². The summed E-state index contributed by atoms with van der Waals surface area (Å²) in [6, 6.07) is 8.98. The van der Waals surface area contributed by atoms with Crippen LogP contribution in [0.4, 0.5) is 5.82 Å². The number of carbonyl (C=O) groups excluding carboxylic acids is 1. The van der Waals surface area contributed by atoms with Crippen molar-refractivity contribution in [3.8, 4) is 0 Å². The Balaban J connectivity index is 1.86. The van der Waals surface area contributed by atoms with E-state index in [4.69, 9.17) is 21.5 Å². The minimum atomic E-state index is -3.34. The highest BCUT2D eigenvalue weighted by Gasteiger charge is 2.36. The Bertz CT molecular complexity index is 1000. The van der Waals surface area contributed by atoms with Gasteiger partial charge in [-0.05, 0) is 44.0 Å². The van der Waals surface area contributed by atoms with E-state index in [0.717, 1.165) is 0 Å². The molecule has 0 saturated heterocycles. The van der Waals surface area contributed by atoms with Crippen molar-refractivity contribution in [1.29, 1.82) is 0 Å². The van der Waals surface area contributed by atoms with Crippen LogP contribution in [0.3, 0.4) is 0 Å². The Hall–Kier alpha value is -2.49. The van der Waals surface area contributed by atoms with Crippen LogP contribution in [0, 0.1) is 0 Å². The van der Waals surface area contributed by atoms with E-state index >= 15 is 0 Å². The number of sulfone groups is 1. The third-order valence-electron chi connectivity index (χ3n) is 4.18. The average molecular weight is 438 g/mol. The van der Waals surface area contributed by atoms with E-state index in [0.29, 0.717) is 23.4 Å². The number of rotatable bonds is 8. The second kappa shape index (κ2) is 8.89. The molecule has 1 aliphatic rings. The highest BCUT2D eigenvalue weighted by molar-refractivity contribution is 7.92. The summed E-state index contributed by atoms with van der Waals surface area (Å²) >= 11 is 5.79. The van der Waals surface area contributed by atoms with Gasteiger partial charge in [0, 0.05) is 11.8 Å². The van der Waals surface area contributed by atoms with Gasteiger partial charge >= 0.3 is 0 Å². The van der Waals surface area contributed by atoms with Crippen LogP contribution >= 0.6 is 11.6 Å². The van der Waals surface area contributed by atoms with Crippen LogP contribution in [0.15, 0.2) is 52.6 Å². The molecule has 1 aromatic carbocycles. The summed E-state index contributed by atoms with van der Waals surface area (Å²) in [6.07, 6.45) is 2.09. The summed E-state index contributed by atoms with van der Waals surface area (Å²) in [7, 11) is -3.34. The number of aromatic nitrogens is 1. The zero-order valence-electron chi connectivity index (χ0n) is 15.6. The number of pyridine rings is 1. The van der Waals surface area contributed by atoms with Crippen molar-refractivity contribution in [1.82, 2.24) is 4.98 Å². The Morgan fingerprint density at radius 1 is 1.31 bits per heavy atom. The number of hydrogen-bond donors (Lipinski definition) is 2. The first-order valence-corrected chi connectivity index (χ1v) is 10.9. The lowest BCUT2D eigenvalue weighted by molar-refractivity contribution is -0.110. The van der Waals surface area contributed by atoms with Gasteiger partial charge in [-0.1, -0.05) is 28.9 Å². The molecule has 10 heteroatoms. The molecule has 29 heavy (non-hydrogen) atoms. The van der Waals surface area contributed by atoms with Crippen molar-refractivity contribution in [3.63, 3.8) is 0 Å². The van der Waals surface area contributed by atoms with E-state index in [-0.39, 0.29) is 28.3 Å². The summed E-state index contributed by atoms with van der Waals surface area (Å²) in [5.74, 6) is -0.349. The Morgan fingerprint density at radius 3 is 2.55 bits per heavy atom. The summed E-state index contributed by atoms with van der Waals surface area (Å²) in [5.41, 5.74) is 0.272. The van der Waals surface area contributed by atoms with Gasteiger partial charge in [-0.2, -0.15) is 0 Å². The zero-order valence-corrected chi connectivity index (χ0v) is 17.2. The molecular weight excluding hydrogens is 418 g/mol. The molecule has 2 N–H and O–H groups in total. The van der Waals surface area contributed by atoms with Gasteiger partial charge < -0.3 is 15.3 Å². The van der Waals surface area contributed by atoms with E-state index < -0.39 is 21.8 Å². The van der Waals surface area contributed by atoms with E-state index in [2.05, 4.69) is 15.5 Å². The second-order valence-electron chi connectivity index (χ2n) is 6.62. The molecule has 3 rings (SSSR count). The quantitative estimate of drug-likeness (QED) is 0.483. The molecule has 0 bridgehead atoms. The maximum Gasteiger partial charge on any atom is 0.279 e. The van der Waals surface area contributed by atoms with Crippen molar-refractivity contribution in [3.05, 3.63) is 53.2 Å². The number of benzene rings is 1. The van der Waals surface area contributed by atoms with Gasteiger partial charge in [0.2, 0.25) is 0 Å². The standard InChI is InChI=1S/C19H20ClN3O5S/c1-12(11-24)28-23-18(19(25)22-17-9-4-14(20)10-21-17)13-2-5-15(6-3-13)29(26,27)16-7-8-16/h2-6,9-10,12,16,24H,7-8,11H2,1H3,(H,21,22,25)/b23-18+/t12-/m1/s1. The van der Waals surface area contributed by atoms with Crippen LogP contribution in [0.1, 0.15) is 25.3 Å². The molecule has 0 aliphatic heterocycles. The largest absolute Gasteiger partial charge is 0.392 e. The fourth-order valence-electron chi connectivity index (χ4n) is 2.40. The van der Waals surface area contributed by atoms with E-state index in [9.17, 15) is 13.2 Å². The Kier molecular flexibility index (Phi) is 6.51. The molecule has 2 aromatic rings. The molecule has 1 amide bonds. The average Bonchev–Trinajstić information content (AvgIpc) is 3.56. The minimum absolute atomic E-state index is 0.0857. The zero-order chi connectivity index (χ0) is 21.0. The SMILES string of the molecule is C[C@H](CO)O/N=C(/C(=O)Nc1ccc(Cl)cn1)c1ccc(S(=O)(=O)C2CC2)cc1. The van der Waals surface area contributed by atoms with Crippen LogP contribution < -0.4 is 5.32 Å². The summed E-state index contributed by atoms with van der Waals surface area (Å²) in [6.45, 7) is 1.31. The number of carbonyl (C=O) groups is 1. The number of hydrogen-bond acceptors (Lipinski definition) is 7. The van der Waals surface area contributed by atoms with Crippen LogP contribution in [-0.4, -0.2) is 48.1 Å². The van der Waals surface area contributed by atoms with Gasteiger partial charge in [-0.25, -0.2) is 13.4 Å². The molecule has 0 spiro atoms. The van der Waals surface area contributed by atoms with E-state index in [1.54, 1.807) is 13.0 Å². The lowest BCUT2D eigenvalue weighted by Crippen LogP contribution is -2.25.